The van der Waals surface area contributed by atoms with Gasteiger partial charge in [0, 0.05) is 25.3 Å². The molecule has 2 rings (SSSR count). The largest absolute Gasteiger partial charge is 0.395 e. The van der Waals surface area contributed by atoms with Crippen molar-refractivity contribution in [3.8, 4) is 0 Å². The summed E-state index contributed by atoms with van der Waals surface area (Å²) in [7, 11) is 0. The SMILES string of the molecule is OCC(CO)NCc1ccccc1N1CCCC1. The van der Waals surface area contributed by atoms with Gasteiger partial charge in [-0.2, -0.15) is 0 Å². The minimum Gasteiger partial charge on any atom is -0.395 e. The Kier molecular flexibility index (Phi) is 4.99. The van der Waals surface area contributed by atoms with Crippen molar-refractivity contribution in [3.05, 3.63) is 29.8 Å². The lowest BCUT2D eigenvalue weighted by Crippen LogP contribution is -2.35. The van der Waals surface area contributed by atoms with Gasteiger partial charge >= 0.3 is 0 Å². The molecule has 0 aliphatic carbocycles. The Morgan fingerprint density at radius 1 is 1.11 bits per heavy atom. The number of para-hydroxylation sites is 1. The molecule has 0 aromatic heterocycles. The van der Waals surface area contributed by atoms with Crippen LogP contribution in [-0.4, -0.2) is 42.6 Å². The maximum absolute atomic E-state index is 9.05. The molecule has 4 nitrogen and oxygen atoms in total. The number of hydrogen-bond donors (Lipinski definition) is 3. The van der Waals surface area contributed by atoms with Crippen LogP contribution in [0.1, 0.15) is 18.4 Å². The van der Waals surface area contributed by atoms with Crippen LogP contribution in [0.4, 0.5) is 5.69 Å². The highest BCUT2D eigenvalue weighted by Crippen LogP contribution is 2.24. The van der Waals surface area contributed by atoms with Gasteiger partial charge in [-0.3, -0.25) is 0 Å². The minimum atomic E-state index is -0.239. The number of nitrogens with one attached hydrogen (secondary N) is 1. The van der Waals surface area contributed by atoms with Gasteiger partial charge in [0.15, 0.2) is 0 Å². The molecule has 100 valence electrons. The molecule has 0 bridgehead atoms. The quantitative estimate of drug-likeness (QED) is 0.697. The fourth-order valence-corrected chi connectivity index (χ4v) is 2.37. The topological polar surface area (TPSA) is 55.7 Å². The van der Waals surface area contributed by atoms with Gasteiger partial charge in [-0.05, 0) is 24.5 Å². The van der Waals surface area contributed by atoms with Crippen molar-refractivity contribution in [2.75, 3.05) is 31.2 Å². The summed E-state index contributed by atoms with van der Waals surface area (Å²) in [6, 6.07) is 8.11. The van der Waals surface area contributed by atoms with E-state index >= 15 is 0 Å². The van der Waals surface area contributed by atoms with Crippen LogP contribution in [0.3, 0.4) is 0 Å². The first-order chi connectivity index (χ1) is 8.85. The summed E-state index contributed by atoms with van der Waals surface area (Å²) < 4.78 is 0. The van der Waals surface area contributed by atoms with E-state index in [4.69, 9.17) is 10.2 Å². The fourth-order valence-electron chi connectivity index (χ4n) is 2.37. The van der Waals surface area contributed by atoms with Crippen LogP contribution in [0.5, 0.6) is 0 Å². The standard InChI is InChI=1S/C14H22N2O2/c17-10-13(11-18)15-9-12-5-1-2-6-14(12)16-7-3-4-8-16/h1-2,5-6,13,15,17-18H,3-4,7-11H2. The Bertz CT molecular complexity index is 361. The van der Waals surface area contributed by atoms with E-state index in [1.54, 1.807) is 0 Å². The first-order valence-corrected chi connectivity index (χ1v) is 6.63. The third kappa shape index (κ3) is 3.22. The van der Waals surface area contributed by atoms with Crippen LogP contribution in [0, 0.1) is 0 Å². The number of nitrogens with zero attached hydrogens (tertiary/aromatic N) is 1. The van der Waals surface area contributed by atoms with E-state index in [-0.39, 0.29) is 19.3 Å². The zero-order valence-corrected chi connectivity index (χ0v) is 10.7. The molecule has 3 N–H and O–H groups in total. The van der Waals surface area contributed by atoms with E-state index in [9.17, 15) is 0 Å². The van der Waals surface area contributed by atoms with E-state index in [1.807, 2.05) is 6.07 Å². The second-order valence-corrected chi connectivity index (χ2v) is 4.77. The van der Waals surface area contributed by atoms with E-state index in [2.05, 4.69) is 28.4 Å². The van der Waals surface area contributed by atoms with Crippen molar-refractivity contribution in [1.29, 1.82) is 0 Å². The predicted molar refractivity (Wildman–Crippen MR) is 72.7 cm³/mol. The number of aliphatic hydroxyl groups is 2. The maximum atomic E-state index is 9.05. The molecule has 4 heteroatoms. The molecule has 1 aromatic rings. The molecular weight excluding hydrogens is 228 g/mol. The molecule has 0 atom stereocenters. The van der Waals surface area contributed by atoms with Crippen LogP contribution in [0.25, 0.3) is 0 Å². The smallest absolute Gasteiger partial charge is 0.0607 e. The lowest BCUT2D eigenvalue weighted by atomic mass is 10.1. The molecule has 1 heterocycles. The molecule has 0 unspecified atom stereocenters. The van der Waals surface area contributed by atoms with E-state index in [0.29, 0.717) is 6.54 Å². The molecule has 18 heavy (non-hydrogen) atoms. The second-order valence-electron chi connectivity index (χ2n) is 4.77. The van der Waals surface area contributed by atoms with Gasteiger partial charge in [-0.1, -0.05) is 18.2 Å². The Morgan fingerprint density at radius 2 is 1.78 bits per heavy atom. The van der Waals surface area contributed by atoms with Crippen LogP contribution < -0.4 is 10.2 Å². The molecule has 1 aliphatic rings. The van der Waals surface area contributed by atoms with Crippen LogP contribution >= 0.6 is 0 Å². The fraction of sp³-hybridized carbons (Fsp3) is 0.571. The highest BCUT2D eigenvalue weighted by atomic mass is 16.3. The molecule has 0 radical (unpaired) electrons. The van der Waals surface area contributed by atoms with Gasteiger partial charge in [0.05, 0.1) is 19.3 Å². The summed E-state index contributed by atoms with van der Waals surface area (Å²) >= 11 is 0. The molecule has 1 fully saturated rings. The third-order valence-corrected chi connectivity index (χ3v) is 3.46. The Morgan fingerprint density at radius 3 is 2.44 bits per heavy atom. The molecular formula is C14H22N2O2. The van der Waals surface area contributed by atoms with Crippen molar-refractivity contribution in [2.24, 2.45) is 0 Å². The predicted octanol–water partition coefficient (Wildman–Crippen LogP) is 0.730. The minimum absolute atomic E-state index is 0.0393. The summed E-state index contributed by atoms with van der Waals surface area (Å²) in [6.45, 7) is 2.85. The van der Waals surface area contributed by atoms with E-state index in [0.717, 1.165) is 13.1 Å². The number of rotatable bonds is 6. The zero-order chi connectivity index (χ0) is 12.8. The Labute approximate surface area is 108 Å². The first-order valence-electron chi connectivity index (χ1n) is 6.63. The summed E-state index contributed by atoms with van der Waals surface area (Å²) in [6.07, 6.45) is 2.52. The molecule has 1 aliphatic heterocycles. The van der Waals surface area contributed by atoms with Gasteiger partial charge in [0.25, 0.3) is 0 Å². The summed E-state index contributed by atoms with van der Waals surface area (Å²) in [5.41, 5.74) is 2.50. The molecule has 0 saturated carbocycles. The molecule has 1 aromatic carbocycles. The van der Waals surface area contributed by atoms with Crippen molar-refractivity contribution < 1.29 is 10.2 Å². The summed E-state index contributed by atoms with van der Waals surface area (Å²) in [4.78, 5) is 2.41. The van der Waals surface area contributed by atoms with Gasteiger partial charge in [-0.25, -0.2) is 0 Å². The number of benzene rings is 1. The highest BCUT2D eigenvalue weighted by Gasteiger charge is 2.15. The zero-order valence-electron chi connectivity index (χ0n) is 10.7. The van der Waals surface area contributed by atoms with Gasteiger partial charge in [0.2, 0.25) is 0 Å². The average molecular weight is 250 g/mol. The van der Waals surface area contributed by atoms with E-state index < -0.39 is 0 Å². The lowest BCUT2D eigenvalue weighted by molar-refractivity contribution is 0.170. The van der Waals surface area contributed by atoms with Crippen molar-refractivity contribution in [3.63, 3.8) is 0 Å². The van der Waals surface area contributed by atoms with Crippen molar-refractivity contribution in [2.45, 2.75) is 25.4 Å². The normalized spacial score (nSPS) is 15.6. The number of aliphatic hydroxyl groups excluding tert-OH is 2. The molecule has 0 amide bonds. The van der Waals surface area contributed by atoms with Crippen LogP contribution in [-0.2, 0) is 6.54 Å². The Hall–Kier alpha value is -1.10. The van der Waals surface area contributed by atoms with Crippen LogP contribution in [0.15, 0.2) is 24.3 Å². The first kappa shape index (κ1) is 13.3. The van der Waals surface area contributed by atoms with Crippen molar-refractivity contribution >= 4 is 5.69 Å². The van der Waals surface area contributed by atoms with E-state index in [1.165, 1.54) is 24.1 Å². The second kappa shape index (κ2) is 6.73. The van der Waals surface area contributed by atoms with Gasteiger partial charge in [0.1, 0.15) is 0 Å². The average Bonchev–Trinajstić information content (AvgIpc) is 2.94. The highest BCUT2D eigenvalue weighted by molar-refractivity contribution is 5.54. The monoisotopic (exact) mass is 250 g/mol. The maximum Gasteiger partial charge on any atom is 0.0607 e. The van der Waals surface area contributed by atoms with Crippen LogP contribution in [0.2, 0.25) is 0 Å². The Balaban J connectivity index is 2.02. The molecule has 0 spiro atoms. The number of hydrogen-bond acceptors (Lipinski definition) is 4. The van der Waals surface area contributed by atoms with Crippen molar-refractivity contribution in [1.82, 2.24) is 5.32 Å². The third-order valence-electron chi connectivity index (χ3n) is 3.46. The molecule has 1 saturated heterocycles. The summed E-state index contributed by atoms with van der Waals surface area (Å²) in [5, 5.41) is 21.3. The number of anilines is 1. The van der Waals surface area contributed by atoms with Gasteiger partial charge < -0.3 is 20.4 Å². The summed E-state index contributed by atoms with van der Waals surface area (Å²) in [5.74, 6) is 0. The lowest BCUT2D eigenvalue weighted by Gasteiger charge is -2.22. The van der Waals surface area contributed by atoms with Gasteiger partial charge in [-0.15, -0.1) is 0 Å².